The summed E-state index contributed by atoms with van der Waals surface area (Å²) in [4.78, 5) is 2.48. The number of hydrogen-bond acceptors (Lipinski definition) is 2. The van der Waals surface area contributed by atoms with Crippen LogP contribution in [0.4, 0.5) is 0 Å². The van der Waals surface area contributed by atoms with Crippen LogP contribution in [-0.2, 0) is 0 Å². The van der Waals surface area contributed by atoms with E-state index in [1.54, 1.807) is 0 Å². The average Bonchev–Trinajstić information content (AvgIpc) is 2.39. The standard InChI is InChI=1S/C9H17NS/c1-9(2)4-3-5-10-6-7-11-8-10/h3-4,9H,5-8H2,1-2H3/b4-3+. The summed E-state index contributed by atoms with van der Waals surface area (Å²) in [6, 6.07) is 0. The first-order chi connectivity index (χ1) is 5.29. The summed E-state index contributed by atoms with van der Waals surface area (Å²) < 4.78 is 0. The highest BCUT2D eigenvalue weighted by atomic mass is 32.2. The zero-order valence-corrected chi connectivity index (χ0v) is 8.23. The van der Waals surface area contributed by atoms with Gasteiger partial charge in [0.1, 0.15) is 0 Å². The van der Waals surface area contributed by atoms with Gasteiger partial charge in [0.2, 0.25) is 0 Å². The number of allylic oxidation sites excluding steroid dienone is 1. The molecule has 11 heavy (non-hydrogen) atoms. The molecular formula is C9H17NS. The van der Waals surface area contributed by atoms with Gasteiger partial charge in [-0.05, 0) is 5.92 Å². The van der Waals surface area contributed by atoms with E-state index in [4.69, 9.17) is 0 Å². The van der Waals surface area contributed by atoms with Crippen molar-refractivity contribution in [1.82, 2.24) is 4.90 Å². The molecule has 1 aliphatic heterocycles. The minimum Gasteiger partial charge on any atom is -0.290 e. The summed E-state index contributed by atoms with van der Waals surface area (Å²) in [7, 11) is 0. The molecule has 0 aromatic rings. The molecule has 0 aromatic heterocycles. The molecule has 0 atom stereocenters. The Balaban J connectivity index is 2.10. The van der Waals surface area contributed by atoms with E-state index in [0.717, 1.165) is 6.54 Å². The van der Waals surface area contributed by atoms with Crippen molar-refractivity contribution in [2.75, 3.05) is 24.7 Å². The highest BCUT2D eigenvalue weighted by Crippen LogP contribution is 2.12. The van der Waals surface area contributed by atoms with Gasteiger partial charge in [-0.3, -0.25) is 4.90 Å². The van der Waals surface area contributed by atoms with Gasteiger partial charge in [-0.1, -0.05) is 26.0 Å². The zero-order valence-electron chi connectivity index (χ0n) is 7.42. The second kappa shape index (κ2) is 4.83. The molecule has 0 radical (unpaired) electrons. The van der Waals surface area contributed by atoms with Crippen LogP contribution < -0.4 is 0 Å². The quantitative estimate of drug-likeness (QED) is 0.599. The lowest BCUT2D eigenvalue weighted by Crippen LogP contribution is -2.19. The summed E-state index contributed by atoms with van der Waals surface area (Å²) in [6.07, 6.45) is 4.57. The molecule has 0 spiro atoms. The maximum atomic E-state index is 2.48. The van der Waals surface area contributed by atoms with Crippen LogP contribution in [0, 0.1) is 5.92 Å². The Morgan fingerprint density at radius 1 is 1.55 bits per heavy atom. The Bertz CT molecular complexity index is 126. The van der Waals surface area contributed by atoms with Crippen LogP contribution in [0.5, 0.6) is 0 Å². The minimum absolute atomic E-state index is 0.699. The first-order valence-electron chi connectivity index (χ1n) is 4.26. The SMILES string of the molecule is CC(C)/C=C/CN1CCSC1. The fourth-order valence-electron chi connectivity index (χ4n) is 1.08. The van der Waals surface area contributed by atoms with Crippen LogP contribution in [-0.4, -0.2) is 29.6 Å². The van der Waals surface area contributed by atoms with Gasteiger partial charge in [0.15, 0.2) is 0 Å². The lowest BCUT2D eigenvalue weighted by Gasteiger charge is -2.09. The molecule has 0 bridgehead atoms. The van der Waals surface area contributed by atoms with Crippen LogP contribution in [0.3, 0.4) is 0 Å². The molecule has 0 saturated carbocycles. The van der Waals surface area contributed by atoms with Crippen molar-refractivity contribution < 1.29 is 0 Å². The highest BCUT2D eigenvalue weighted by molar-refractivity contribution is 7.99. The van der Waals surface area contributed by atoms with Gasteiger partial charge in [0, 0.05) is 24.7 Å². The van der Waals surface area contributed by atoms with E-state index in [1.807, 2.05) is 11.8 Å². The third-order valence-corrected chi connectivity index (χ3v) is 2.73. The fraction of sp³-hybridized carbons (Fsp3) is 0.778. The van der Waals surface area contributed by atoms with Crippen LogP contribution in [0.15, 0.2) is 12.2 Å². The molecule has 2 heteroatoms. The van der Waals surface area contributed by atoms with Gasteiger partial charge in [-0.2, -0.15) is 0 Å². The van der Waals surface area contributed by atoms with E-state index in [1.165, 1.54) is 18.2 Å². The topological polar surface area (TPSA) is 3.24 Å². The maximum absolute atomic E-state index is 2.48. The molecule has 0 amide bonds. The predicted octanol–water partition coefficient (Wildman–Crippen LogP) is 2.20. The minimum atomic E-state index is 0.699. The largest absolute Gasteiger partial charge is 0.290 e. The van der Waals surface area contributed by atoms with Gasteiger partial charge in [0.25, 0.3) is 0 Å². The Hall–Kier alpha value is 0.0500. The van der Waals surface area contributed by atoms with Gasteiger partial charge in [-0.15, -0.1) is 11.8 Å². The van der Waals surface area contributed by atoms with Gasteiger partial charge in [0.05, 0.1) is 0 Å². The van der Waals surface area contributed by atoms with E-state index in [2.05, 4.69) is 30.9 Å². The molecule has 0 unspecified atom stereocenters. The number of thioether (sulfide) groups is 1. The van der Waals surface area contributed by atoms with Crippen molar-refractivity contribution in [3.8, 4) is 0 Å². The van der Waals surface area contributed by atoms with Crippen molar-refractivity contribution in [2.24, 2.45) is 5.92 Å². The molecular weight excluding hydrogens is 154 g/mol. The molecule has 64 valence electrons. The Labute approximate surface area is 73.8 Å². The van der Waals surface area contributed by atoms with E-state index >= 15 is 0 Å². The number of rotatable bonds is 3. The summed E-state index contributed by atoms with van der Waals surface area (Å²) >= 11 is 2.03. The molecule has 1 nitrogen and oxygen atoms in total. The van der Waals surface area contributed by atoms with E-state index in [-0.39, 0.29) is 0 Å². The molecule has 1 rings (SSSR count). The molecule has 0 aromatic carbocycles. The summed E-state index contributed by atoms with van der Waals surface area (Å²) in [5, 5.41) is 0. The van der Waals surface area contributed by atoms with Gasteiger partial charge < -0.3 is 0 Å². The van der Waals surface area contributed by atoms with Gasteiger partial charge in [-0.25, -0.2) is 0 Å². The van der Waals surface area contributed by atoms with Crippen molar-refractivity contribution in [1.29, 1.82) is 0 Å². The van der Waals surface area contributed by atoms with Crippen LogP contribution >= 0.6 is 11.8 Å². The van der Waals surface area contributed by atoms with Crippen molar-refractivity contribution in [3.63, 3.8) is 0 Å². The van der Waals surface area contributed by atoms with E-state index in [9.17, 15) is 0 Å². The van der Waals surface area contributed by atoms with Crippen molar-refractivity contribution in [3.05, 3.63) is 12.2 Å². The monoisotopic (exact) mass is 171 g/mol. The lowest BCUT2D eigenvalue weighted by molar-refractivity contribution is 0.395. The summed E-state index contributed by atoms with van der Waals surface area (Å²) in [5.74, 6) is 3.24. The first-order valence-corrected chi connectivity index (χ1v) is 5.41. The van der Waals surface area contributed by atoms with Crippen molar-refractivity contribution >= 4 is 11.8 Å². The third kappa shape index (κ3) is 3.82. The Morgan fingerprint density at radius 3 is 2.91 bits per heavy atom. The fourth-order valence-corrected chi connectivity index (χ4v) is 2.09. The van der Waals surface area contributed by atoms with Crippen LogP contribution in [0.25, 0.3) is 0 Å². The second-order valence-electron chi connectivity index (χ2n) is 3.29. The molecule has 0 aliphatic carbocycles. The van der Waals surface area contributed by atoms with Crippen LogP contribution in [0.1, 0.15) is 13.8 Å². The summed E-state index contributed by atoms with van der Waals surface area (Å²) in [5.41, 5.74) is 0. The summed E-state index contributed by atoms with van der Waals surface area (Å²) in [6.45, 7) is 6.85. The number of hydrogen-bond donors (Lipinski definition) is 0. The van der Waals surface area contributed by atoms with E-state index < -0.39 is 0 Å². The number of nitrogens with zero attached hydrogens (tertiary/aromatic N) is 1. The van der Waals surface area contributed by atoms with E-state index in [0.29, 0.717) is 5.92 Å². The maximum Gasteiger partial charge on any atom is 0.0448 e. The smallest absolute Gasteiger partial charge is 0.0448 e. The first kappa shape index (κ1) is 9.14. The third-order valence-electron chi connectivity index (χ3n) is 1.71. The molecule has 1 fully saturated rings. The van der Waals surface area contributed by atoms with Gasteiger partial charge >= 0.3 is 0 Å². The highest BCUT2D eigenvalue weighted by Gasteiger charge is 2.08. The Kier molecular flexibility index (Phi) is 4.02. The molecule has 0 N–H and O–H groups in total. The lowest BCUT2D eigenvalue weighted by atomic mass is 10.2. The van der Waals surface area contributed by atoms with Crippen LogP contribution in [0.2, 0.25) is 0 Å². The van der Waals surface area contributed by atoms with Crippen molar-refractivity contribution in [2.45, 2.75) is 13.8 Å². The molecule has 1 aliphatic rings. The second-order valence-corrected chi connectivity index (χ2v) is 4.36. The normalized spacial score (nSPS) is 20.6. The average molecular weight is 171 g/mol. The molecule has 1 heterocycles. The molecule has 1 saturated heterocycles. The predicted molar refractivity (Wildman–Crippen MR) is 52.9 cm³/mol. The Morgan fingerprint density at radius 2 is 2.36 bits per heavy atom. The zero-order chi connectivity index (χ0) is 8.10.